The fourth-order valence-corrected chi connectivity index (χ4v) is 12.3. The monoisotopic (exact) mass is 2130 g/mol. The molecule has 10 heteroatoms. The van der Waals surface area contributed by atoms with Crippen LogP contribution in [0.3, 0.4) is 0 Å². The second-order valence-electron chi connectivity index (χ2n) is 24.7. The van der Waals surface area contributed by atoms with Gasteiger partial charge in [-0.3, -0.25) is 0 Å². The summed E-state index contributed by atoms with van der Waals surface area (Å²) in [4.78, 5) is 21.7. The SMILES string of the molecule is Cc1cc(-c2[c-]cccc2)[c-]cc1-c1ccccc1.Cc1cc(-c2ccccn2)[c-]cc1-c1ccccc1.Cc1ccccc1-c1ccnc(-c2[c-]cccc2)c1.[Ir].[Ir].[Ir].[Ir].[c-]1ccc(-n2c3ccccc3c3ccccc32)cc1-c1ccccn1.[c-]1ccccc1-c1ccccn1.[c-]1ccccc1-c1ccccn1. The Morgan fingerprint density at radius 3 is 1.03 bits per heavy atom. The largest absolute Gasteiger partial charge is 0.327 e. The van der Waals surface area contributed by atoms with E-state index in [1.54, 1.807) is 12.4 Å². The molecule has 0 N–H and O–H groups in total. The summed E-state index contributed by atoms with van der Waals surface area (Å²) in [6.07, 6.45) is 9.06. The molecule has 0 aliphatic rings. The van der Waals surface area contributed by atoms with Gasteiger partial charge in [-0.05, 0) is 100 Å². The molecule has 4 radical (unpaired) electrons. The Morgan fingerprint density at radius 2 is 0.591 bits per heavy atom. The number of aromatic nitrogens is 6. The maximum atomic E-state index is 4.46. The van der Waals surface area contributed by atoms with Crippen LogP contribution in [0.4, 0.5) is 0 Å². The molecule has 0 aliphatic heterocycles. The zero-order valence-electron chi connectivity index (χ0n) is 60.5. The van der Waals surface area contributed by atoms with E-state index in [2.05, 4.69) is 269 Å². The smallest absolute Gasteiger partial charge is 0.0523 e. The summed E-state index contributed by atoms with van der Waals surface area (Å²) < 4.78 is 2.31. The standard InChI is InChI=1S/C23H15N2.C19H14.2C18H14N.2C11H8N.4Ir/c1-3-13-22-19(10-1)20-11-2-4-14-23(20)25(22)18-9-7-8-17(16-18)21-12-5-6-15-24-21;1-15-14-18(16-8-4-2-5-9-16)12-13-19(15)17-10-6-3-7-11-17;1-14-7-5-6-10-17(14)16-11-12-19-18(13-16)15-8-3-2-4-9-15;1-14-13-16(18-9-5-6-12-19-18)10-11-17(14)15-7-3-2-4-8-15;2*1-2-6-10(7-3-1)11-8-4-5-9-12-11;;;;/h1-7,9-16H;2-8,10-11,13-14H,1H3;2-8,10-13H,1H3;2-9,11-13H,1H3;2*1-6,8-9H;;;;/q-1;-2;4*-1;;;;. The second-order valence-corrected chi connectivity index (χ2v) is 24.7. The number of nitrogens with zero attached hydrogens (tertiary/aromatic N) is 6. The van der Waals surface area contributed by atoms with Gasteiger partial charge in [0.25, 0.3) is 0 Å². The first-order valence-electron chi connectivity index (χ1n) is 35.1. The van der Waals surface area contributed by atoms with E-state index in [1.165, 1.54) is 71.9 Å². The van der Waals surface area contributed by atoms with Crippen molar-refractivity contribution in [3.05, 3.63) is 448 Å². The Morgan fingerprint density at radius 1 is 0.227 bits per heavy atom. The molecule has 6 heterocycles. The molecule has 18 rings (SSSR count). The molecule has 12 aromatic carbocycles. The fourth-order valence-electron chi connectivity index (χ4n) is 12.3. The minimum absolute atomic E-state index is 0. The zero-order valence-corrected chi connectivity index (χ0v) is 70.0. The molecule has 0 amide bonds. The van der Waals surface area contributed by atoms with E-state index in [1.807, 2.05) is 201 Å². The van der Waals surface area contributed by atoms with E-state index in [4.69, 9.17) is 0 Å². The summed E-state index contributed by atoms with van der Waals surface area (Å²) in [5, 5.41) is 2.54. The second kappa shape index (κ2) is 43.1. The number of rotatable bonds is 10. The van der Waals surface area contributed by atoms with Gasteiger partial charge in [-0.15, -0.1) is 185 Å². The van der Waals surface area contributed by atoms with Crippen molar-refractivity contribution >= 4 is 21.8 Å². The van der Waals surface area contributed by atoms with Gasteiger partial charge in [0.15, 0.2) is 0 Å². The summed E-state index contributed by atoms with van der Waals surface area (Å²) in [6, 6.07) is 143. The first-order chi connectivity index (χ1) is 52.4. The number of fused-ring (bicyclic) bond motifs is 3. The molecule has 6 aromatic heterocycles. The molecule has 0 saturated carbocycles. The summed E-state index contributed by atoms with van der Waals surface area (Å²) in [5.41, 5.74) is 26.8. The Kier molecular flexibility index (Phi) is 32.5. The molecule has 0 fully saturated rings. The molecule has 6 nitrogen and oxygen atoms in total. The third-order valence-corrected chi connectivity index (χ3v) is 17.5. The maximum Gasteiger partial charge on any atom is 0.0523 e. The van der Waals surface area contributed by atoms with Gasteiger partial charge in [-0.2, -0.15) is 36.4 Å². The molecule has 0 saturated heterocycles. The first-order valence-corrected chi connectivity index (χ1v) is 35.1. The van der Waals surface area contributed by atoms with Crippen molar-refractivity contribution in [2.75, 3.05) is 0 Å². The van der Waals surface area contributed by atoms with Crippen molar-refractivity contribution < 1.29 is 80.4 Å². The summed E-state index contributed by atoms with van der Waals surface area (Å²) in [6.45, 7) is 6.40. The summed E-state index contributed by atoms with van der Waals surface area (Å²) in [7, 11) is 0. The topological polar surface area (TPSA) is 69.4 Å². The molecule has 546 valence electrons. The molecule has 110 heavy (non-hydrogen) atoms. The third-order valence-electron chi connectivity index (χ3n) is 17.5. The van der Waals surface area contributed by atoms with Gasteiger partial charge in [-0.25, -0.2) is 11.1 Å². The molecule has 18 aromatic rings. The van der Waals surface area contributed by atoms with Crippen LogP contribution in [-0.4, -0.2) is 29.5 Å². The van der Waals surface area contributed by atoms with E-state index in [0.717, 1.165) is 73.1 Å². The molecular formula is C100H73Ir4N6-7. The van der Waals surface area contributed by atoms with Gasteiger partial charge in [-0.1, -0.05) is 212 Å². The number of hydrogen-bond donors (Lipinski definition) is 0. The van der Waals surface area contributed by atoms with Crippen molar-refractivity contribution in [1.29, 1.82) is 0 Å². The van der Waals surface area contributed by atoms with Crippen molar-refractivity contribution in [2.45, 2.75) is 20.8 Å². The van der Waals surface area contributed by atoms with Gasteiger partial charge in [0.05, 0.1) is 11.0 Å². The van der Waals surface area contributed by atoms with Gasteiger partial charge < -0.3 is 29.5 Å². The van der Waals surface area contributed by atoms with Crippen LogP contribution in [0.2, 0.25) is 0 Å². The Balaban J connectivity index is 0.000000153. The quantitative estimate of drug-likeness (QED) is 0.128. The Labute approximate surface area is 700 Å². The average Bonchev–Trinajstić information content (AvgIpc) is 1.58. The molecule has 0 spiro atoms. The average molecular weight is 2130 g/mol. The van der Waals surface area contributed by atoms with E-state index in [-0.39, 0.29) is 80.4 Å². The first kappa shape index (κ1) is 82.8. The minimum atomic E-state index is 0. The van der Waals surface area contributed by atoms with Crippen molar-refractivity contribution in [3.63, 3.8) is 0 Å². The molecule has 0 aliphatic carbocycles. The van der Waals surface area contributed by atoms with Gasteiger partial charge in [0, 0.05) is 122 Å². The van der Waals surface area contributed by atoms with E-state index in [0.29, 0.717) is 0 Å². The summed E-state index contributed by atoms with van der Waals surface area (Å²) in [5.74, 6) is 0. The van der Waals surface area contributed by atoms with Crippen LogP contribution in [0.5, 0.6) is 0 Å². The number of hydrogen-bond acceptors (Lipinski definition) is 5. The van der Waals surface area contributed by atoms with Crippen LogP contribution in [0.15, 0.2) is 389 Å². The molecule has 0 atom stereocenters. The minimum Gasteiger partial charge on any atom is -0.327 e. The fraction of sp³-hybridized carbons (Fsp3) is 0.0300. The van der Waals surface area contributed by atoms with Crippen LogP contribution in [0, 0.1) is 63.2 Å². The van der Waals surface area contributed by atoms with Gasteiger partial charge in [0.1, 0.15) is 0 Å². The Bertz CT molecular complexity index is 5390. The van der Waals surface area contributed by atoms with E-state index >= 15 is 0 Å². The van der Waals surface area contributed by atoms with Crippen LogP contribution >= 0.6 is 0 Å². The van der Waals surface area contributed by atoms with Crippen LogP contribution in [0.1, 0.15) is 16.7 Å². The summed E-state index contributed by atoms with van der Waals surface area (Å²) >= 11 is 0. The normalized spacial score (nSPS) is 10.0. The molecular weight excluding hydrogens is 2050 g/mol. The zero-order chi connectivity index (χ0) is 72.3. The third kappa shape index (κ3) is 22.2. The number of para-hydroxylation sites is 2. The van der Waals surface area contributed by atoms with Crippen LogP contribution in [-0.2, 0) is 80.4 Å². The predicted octanol–water partition coefficient (Wildman–Crippen LogP) is 24.7. The van der Waals surface area contributed by atoms with Crippen LogP contribution in [0.25, 0.3) is 128 Å². The molecule has 0 bridgehead atoms. The predicted molar refractivity (Wildman–Crippen MR) is 437 cm³/mol. The maximum absolute atomic E-state index is 4.46. The number of benzene rings is 12. The van der Waals surface area contributed by atoms with E-state index in [9.17, 15) is 0 Å². The van der Waals surface area contributed by atoms with Crippen molar-refractivity contribution in [1.82, 2.24) is 29.5 Å². The van der Waals surface area contributed by atoms with E-state index < -0.39 is 0 Å². The van der Waals surface area contributed by atoms with Crippen molar-refractivity contribution in [3.8, 4) is 106 Å². The number of pyridine rings is 5. The van der Waals surface area contributed by atoms with Crippen molar-refractivity contribution in [2.24, 2.45) is 0 Å². The van der Waals surface area contributed by atoms with Gasteiger partial charge >= 0.3 is 0 Å². The number of aryl methyl sites for hydroxylation is 3. The molecule has 0 unspecified atom stereocenters. The Hall–Kier alpha value is -11.2. The van der Waals surface area contributed by atoms with Gasteiger partial charge in [0.2, 0.25) is 0 Å². The van der Waals surface area contributed by atoms with Crippen LogP contribution < -0.4 is 0 Å².